The van der Waals surface area contributed by atoms with Gasteiger partial charge < -0.3 is 5.32 Å². The number of hydrogen-bond acceptors (Lipinski definition) is 1. The Labute approximate surface area is 122 Å². The van der Waals surface area contributed by atoms with E-state index in [0.29, 0.717) is 0 Å². The summed E-state index contributed by atoms with van der Waals surface area (Å²) in [7, 11) is 0. The maximum atomic E-state index is 6.10. The molecule has 0 spiro atoms. The Bertz CT molecular complexity index is 435. The van der Waals surface area contributed by atoms with Crippen LogP contribution >= 0.6 is 27.5 Å². The monoisotopic (exact) mass is 327 g/mol. The van der Waals surface area contributed by atoms with Crippen molar-refractivity contribution in [1.82, 2.24) is 5.32 Å². The Hall–Kier alpha value is -0.0500. The average molecular weight is 329 g/mol. The van der Waals surface area contributed by atoms with Crippen molar-refractivity contribution in [2.24, 2.45) is 17.8 Å². The van der Waals surface area contributed by atoms with E-state index >= 15 is 0 Å². The molecule has 3 rings (SSSR count). The molecule has 1 nitrogen and oxygen atoms in total. The van der Waals surface area contributed by atoms with Crippen LogP contribution in [0, 0.1) is 17.8 Å². The quantitative estimate of drug-likeness (QED) is 0.850. The van der Waals surface area contributed by atoms with E-state index in [1.807, 2.05) is 12.1 Å². The lowest BCUT2D eigenvalue weighted by Gasteiger charge is -2.21. The molecule has 0 saturated heterocycles. The summed E-state index contributed by atoms with van der Waals surface area (Å²) in [4.78, 5) is 0. The molecular weight excluding hydrogens is 310 g/mol. The Morgan fingerprint density at radius 1 is 1.28 bits per heavy atom. The largest absolute Gasteiger partial charge is 0.312 e. The summed E-state index contributed by atoms with van der Waals surface area (Å²) in [6.45, 7) is 2.11. The third-order valence-electron chi connectivity index (χ3n) is 4.60. The van der Waals surface area contributed by atoms with E-state index in [-0.39, 0.29) is 0 Å². The molecule has 0 heterocycles. The van der Waals surface area contributed by atoms with E-state index in [0.717, 1.165) is 33.8 Å². The van der Waals surface area contributed by atoms with Crippen molar-refractivity contribution in [3.8, 4) is 0 Å². The highest BCUT2D eigenvalue weighted by atomic mass is 79.9. The van der Waals surface area contributed by atoms with Gasteiger partial charge in [0.1, 0.15) is 0 Å². The van der Waals surface area contributed by atoms with E-state index in [1.165, 1.54) is 37.8 Å². The minimum atomic E-state index is 0.800. The summed E-state index contributed by atoms with van der Waals surface area (Å²) in [5.74, 6) is 2.98. The van der Waals surface area contributed by atoms with Gasteiger partial charge in [0.25, 0.3) is 0 Å². The zero-order chi connectivity index (χ0) is 12.5. The van der Waals surface area contributed by atoms with Gasteiger partial charge in [0.15, 0.2) is 0 Å². The van der Waals surface area contributed by atoms with Gasteiger partial charge in [-0.05, 0) is 77.2 Å². The first-order chi connectivity index (χ1) is 8.72. The topological polar surface area (TPSA) is 12.0 Å². The summed E-state index contributed by atoms with van der Waals surface area (Å²) in [5, 5.41) is 4.40. The van der Waals surface area contributed by atoms with Crippen LogP contribution in [0.2, 0.25) is 5.02 Å². The van der Waals surface area contributed by atoms with E-state index < -0.39 is 0 Å². The van der Waals surface area contributed by atoms with Crippen LogP contribution in [0.3, 0.4) is 0 Å². The summed E-state index contributed by atoms with van der Waals surface area (Å²) in [6, 6.07) is 6.19. The average Bonchev–Trinajstić information content (AvgIpc) is 2.96. The minimum absolute atomic E-state index is 0.800. The molecule has 0 aromatic heterocycles. The Morgan fingerprint density at radius 2 is 2.17 bits per heavy atom. The van der Waals surface area contributed by atoms with E-state index in [9.17, 15) is 0 Å². The van der Waals surface area contributed by atoms with Gasteiger partial charge in [-0.1, -0.05) is 24.1 Å². The van der Waals surface area contributed by atoms with Crippen LogP contribution in [0.15, 0.2) is 22.7 Å². The van der Waals surface area contributed by atoms with Gasteiger partial charge in [-0.25, -0.2) is 0 Å². The summed E-state index contributed by atoms with van der Waals surface area (Å²) in [5.41, 5.74) is 1.27. The maximum Gasteiger partial charge on any atom is 0.0551 e. The highest BCUT2D eigenvalue weighted by Crippen LogP contribution is 2.47. The number of benzene rings is 1. The van der Waals surface area contributed by atoms with Crippen LogP contribution in [0.25, 0.3) is 0 Å². The van der Waals surface area contributed by atoms with Crippen molar-refractivity contribution < 1.29 is 0 Å². The summed E-state index contributed by atoms with van der Waals surface area (Å²) < 4.78 is 0.973. The molecule has 0 amide bonds. The lowest BCUT2D eigenvalue weighted by Crippen LogP contribution is -2.26. The van der Waals surface area contributed by atoms with Gasteiger partial charge in [0, 0.05) is 11.0 Å². The van der Waals surface area contributed by atoms with E-state index in [1.54, 1.807) is 0 Å². The Morgan fingerprint density at radius 3 is 2.83 bits per heavy atom. The maximum absolute atomic E-state index is 6.10. The van der Waals surface area contributed by atoms with Crippen LogP contribution in [-0.4, -0.2) is 6.54 Å². The van der Waals surface area contributed by atoms with E-state index in [4.69, 9.17) is 11.6 Å². The predicted octanol–water partition coefficient (Wildman–Crippen LogP) is 4.63. The molecule has 0 radical (unpaired) electrons. The van der Waals surface area contributed by atoms with Crippen molar-refractivity contribution in [3.63, 3.8) is 0 Å². The van der Waals surface area contributed by atoms with Crippen LogP contribution in [0.5, 0.6) is 0 Å². The Balaban J connectivity index is 1.48. The second kappa shape index (κ2) is 5.52. The normalized spacial score (nSPS) is 30.0. The van der Waals surface area contributed by atoms with Gasteiger partial charge in [-0.15, -0.1) is 0 Å². The smallest absolute Gasteiger partial charge is 0.0551 e. The molecule has 1 aromatic rings. The fourth-order valence-electron chi connectivity index (χ4n) is 3.68. The number of fused-ring (bicyclic) bond motifs is 2. The van der Waals surface area contributed by atoms with Gasteiger partial charge in [-0.3, -0.25) is 0 Å². The molecule has 2 bridgehead atoms. The predicted molar refractivity (Wildman–Crippen MR) is 79.8 cm³/mol. The fraction of sp³-hybridized carbons (Fsp3) is 0.600. The minimum Gasteiger partial charge on any atom is -0.312 e. The number of halogens is 2. The molecule has 98 valence electrons. The van der Waals surface area contributed by atoms with Crippen molar-refractivity contribution in [2.75, 3.05) is 6.54 Å². The SMILES string of the molecule is Clc1cc(CNCC2CC3CCC2C3)ccc1Br. The second-order valence-corrected chi connectivity index (χ2v) is 7.08. The number of hydrogen-bond donors (Lipinski definition) is 1. The zero-order valence-corrected chi connectivity index (χ0v) is 12.8. The van der Waals surface area contributed by atoms with E-state index in [2.05, 4.69) is 27.3 Å². The molecule has 1 aromatic carbocycles. The molecule has 2 aliphatic rings. The first kappa shape index (κ1) is 13.0. The van der Waals surface area contributed by atoms with Crippen molar-refractivity contribution in [3.05, 3.63) is 33.3 Å². The summed E-state index contributed by atoms with van der Waals surface area (Å²) >= 11 is 9.52. The standard InChI is InChI=1S/C15H19BrClN/c16-14-4-2-11(7-15(14)17)8-18-9-13-6-10-1-3-12(13)5-10/h2,4,7,10,12-13,18H,1,3,5-6,8-9H2. The van der Waals surface area contributed by atoms with Crippen LogP contribution in [0.1, 0.15) is 31.2 Å². The zero-order valence-electron chi connectivity index (χ0n) is 10.5. The van der Waals surface area contributed by atoms with Crippen LogP contribution in [0.4, 0.5) is 0 Å². The van der Waals surface area contributed by atoms with Crippen LogP contribution in [-0.2, 0) is 6.54 Å². The second-order valence-electron chi connectivity index (χ2n) is 5.81. The van der Waals surface area contributed by atoms with Crippen molar-refractivity contribution in [2.45, 2.75) is 32.2 Å². The molecule has 0 aliphatic heterocycles. The van der Waals surface area contributed by atoms with Crippen LogP contribution < -0.4 is 5.32 Å². The van der Waals surface area contributed by atoms with Gasteiger partial charge >= 0.3 is 0 Å². The first-order valence-electron chi connectivity index (χ1n) is 6.87. The molecule has 3 unspecified atom stereocenters. The van der Waals surface area contributed by atoms with Crippen molar-refractivity contribution >= 4 is 27.5 Å². The lowest BCUT2D eigenvalue weighted by atomic mass is 9.89. The molecule has 2 saturated carbocycles. The summed E-state index contributed by atoms with van der Waals surface area (Å²) in [6.07, 6.45) is 5.92. The third-order valence-corrected chi connectivity index (χ3v) is 5.84. The molecule has 2 fully saturated rings. The Kier molecular flexibility index (Phi) is 3.97. The highest BCUT2D eigenvalue weighted by molar-refractivity contribution is 9.10. The first-order valence-corrected chi connectivity index (χ1v) is 8.04. The molecule has 3 heteroatoms. The molecule has 18 heavy (non-hydrogen) atoms. The lowest BCUT2D eigenvalue weighted by molar-refractivity contribution is 0.318. The molecule has 3 atom stereocenters. The molecular formula is C15H19BrClN. The van der Waals surface area contributed by atoms with Gasteiger partial charge in [0.2, 0.25) is 0 Å². The molecule has 2 aliphatic carbocycles. The fourth-order valence-corrected chi connectivity index (χ4v) is 4.13. The number of rotatable bonds is 4. The van der Waals surface area contributed by atoms with Gasteiger partial charge in [0.05, 0.1) is 5.02 Å². The third kappa shape index (κ3) is 2.76. The van der Waals surface area contributed by atoms with Gasteiger partial charge in [-0.2, -0.15) is 0 Å². The highest BCUT2D eigenvalue weighted by Gasteiger charge is 2.38. The number of nitrogens with one attached hydrogen (secondary N) is 1. The molecule has 1 N–H and O–H groups in total. The van der Waals surface area contributed by atoms with Crippen molar-refractivity contribution in [1.29, 1.82) is 0 Å².